The molecule has 0 aromatic heterocycles. The first-order chi connectivity index (χ1) is 8.65. The molecule has 2 nitrogen and oxygen atoms in total. The van der Waals surface area contributed by atoms with Crippen molar-refractivity contribution in [3.05, 3.63) is 33.8 Å². The molecular weight excluding hydrogens is 314 g/mol. The number of rotatable bonds is 4. The van der Waals surface area contributed by atoms with Crippen molar-refractivity contribution >= 4 is 33.4 Å². The van der Waals surface area contributed by atoms with Crippen LogP contribution in [0.25, 0.3) is 0 Å². The van der Waals surface area contributed by atoms with Crippen molar-refractivity contribution in [3.63, 3.8) is 0 Å². The van der Waals surface area contributed by atoms with Gasteiger partial charge in [0.25, 0.3) is 5.91 Å². The molecule has 1 aromatic carbocycles. The third-order valence-corrected chi connectivity index (χ3v) is 4.63. The predicted molar refractivity (Wildman–Crippen MR) is 78.3 cm³/mol. The summed E-state index contributed by atoms with van der Waals surface area (Å²) in [5.41, 5.74) is 1.78. The van der Waals surface area contributed by atoms with Gasteiger partial charge in [0.05, 0.1) is 0 Å². The Kier molecular flexibility index (Phi) is 4.68. The molecule has 1 aliphatic rings. The van der Waals surface area contributed by atoms with Gasteiger partial charge in [0.2, 0.25) is 0 Å². The maximum atomic E-state index is 12.6. The standard InChI is InChI=1S/C14H17BrClNO/c1-10-12(6-3-7-13(10)15)14(18)17(9-8-16)11-4-2-5-11/h3,6-7,11H,2,4-5,8-9H2,1H3. The SMILES string of the molecule is Cc1c(Br)cccc1C(=O)N(CCCl)C1CCC1. The molecule has 0 atom stereocenters. The highest BCUT2D eigenvalue weighted by Gasteiger charge is 2.29. The summed E-state index contributed by atoms with van der Waals surface area (Å²) in [5, 5.41) is 0. The summed E-state index contributed by atoms with van der Waals surface area (Å²) >= 11 is 9.29. The lowest BCUT2D eigenvalue weighted by Crippen LogP contribution is -2.45. The molecular formula is C14H17BrClNO. The van der Waals surface area contributed by atoms with Gasteiger partial charge in [-0.3, -0.25) is 4.79 Å². The quantitative estimate of drug-likeness (QED) is 0.764. The van der Waals surface area contributed by atoms with Crippen LogP contribution in [0.3, 0.4) is 0 Å². The minimum atomic E-state index is 0.110. The van der Waals surface area contributed by atoms with Gasteiger partial charge in [0.1, 0.15) is 0 Å². The number of halogens is 2. The maximum Gasteiger partial charge on any atom is 0.254 e. The maximum absolute atomic E-state index is 12.6. The van der Waals surface area contributed by atoms with E-state index in [-0.39, 0.29) is 5.91 Å². The number of hydrogen-bond donors (Lipinski definition) is 0. The van der Waals surface area contributed by atoms with E-state index in [1.165, 1.54) is 6.42 Å². The van der Waals surface area contributed by atoms with Gasteiger partial charge in [0, 0.05) is 28.5 Å². The van der Waals surface area contributed by atoms with Gasteiger partial charge in [-0.1, -0.05) is 22.0 Å². The van der Waals surface area contributed by atoms with E-state index in [1.54, 1.807) is 0 Å². The number of alkyl halides is 1. The van der Waals surface area contributed by atoms with Crippen LogP contribution >= 0.6 is 27.5 Å². The van der Waals surface area contributed by atoms with Crippen LogP contribution in [0.4, 0.5) is 0 Å². The van der Waals surface area contributed by atoms with Gasteiger partial charge in [0.15, 0.2) is 0 Å². The average molecular weight is 331 g/mol. The van der Waals surface area contributed by atoms with E-state index < -0.39 is 0 Å². The van der Waals surface area contributed by atoms with Crippen LogP contribution in [0.5, 0.6) is 0 Å². The predicted octanol–water partition coefficient (Wildman–Crippen LogP) is 3.99. The lowest BCUT2D eigenvalue weighted by molar-refractivity contribution is 0.0597. The highest BCUT2D eigenvalue weighted by atomic mass is 79.9. The van der Waals surface area contributed by atoms with Crippen molar-refractivity contribution in [3.8, 4) is 0 Å². The van der Waals surface area contributed by atoms with Gasteiger partial charge < -0.3 is 4.90 Å². The average Bonchev–Trinajstić information content (AvgIpc) is 2.29. The monoisotopic (exact) mass is 329 g/mol. The van der Waals surface area contributed by atoms with Gasteiger partial charge >= 0.3 is 0 Å². The molecule has 4 heteroatoms. The fourth-order valence-electron chi connectivity index (χ4n) is 2.23. The molecule has 98 valence electrons. The highest BCUT2D eigenvalue weighted by Crippen LogP contribution is 2.28. The zero-order valence-corrected chi connectivity index (χ0v) is 12.8. The molecule has 1 saturated carbocycles. The number of nitrogens with zero attached hydrogens (tertiary/aromatic N) is 1. The van der Waals surface area contributed by atoms with Crippen molar-refractivity contribution < 1.29 is 4.79 Å². The number of amides is 1. The second-order valence-electron chi connectivity index (χ2n) is 4.68. The summed E-state index contributed by atoms with van der Waals surface area (Å²) in [7, 11) is 0. The van der Waals surface area contributed by atoms with Crippen LogP contribution in [-0.4, -0.2) is 29.3 Å². The van der Waals surface area contributed by atoms with E-state index in [9.17, 15) is 4.79 Å². The van der Waals surface area contributed by atoms with E-state index >= 15 is 0 Å². The van der Waals surface area contributed by atoms with Crippen LogP contribution in [0, 0.1) is 6.92 Å². The Balaban J connectivity index is 2.24. The molecule has 0 N–H and O–H groups in total. The van der Waals surface area contributed by atoms with E-state index in [0.717, 1.165) is 28.4 Å². The molecule has 0 aliphatic heterocycles. The number of carbonyl (C=O) groups is 1. The smallest absolute Gasteiger partial charge is 0.254 e. The normalized spacial score (nSPS) is 15.3. The van der Waals surface area contributed by atoms with Gasteiger partial charge in [-0.05, 0) is 43.9 Å². The van der Waals surface area contributed by atoms with E-state index in [0.29, 0.717) is 18.5 Å². The first kappa shape index (κ1) is 13.9. The third kappa shape index (κ3) is 2.72. The Labute approximate surface area is 121 Å². The highest BCUT2D eigenvalue weighted by molar-refractivity contribution is 9.10. The Hall–Kier alpha value is -0.540. The Morgan fingerprint density at radius 1 is 1.50 bits per heavy atom. The largest absolute Gasteiger partial charge is 0.334 e. The van der Waals surface area contributed by atoms with Crippen molar-refractivity contribution in [1.29, 1.82) is 0 Å². The van der Waals surface area contributed by atoms with Crippen LogP contribution in [0.2, 0.25) is 0 Å². The number of hydrogen-bond acceptors (Lipinski definition) is 1. The molecule has 2 rings (SSSR count). The minimum absolute atomic E-state index is 0.110. The van der Waals surface area contributed by atoms with Crippen molar-refractivity contribution in [2.24, 2.45) is 0 Å². The topological polar surface area (TPSA) is 20.3 Å². The van der Waals surface area contributed by atoms with Crippen molar-refractivity contribution in [1.82, 2.24) is 4.90 Å². The van der Waals surface area contributed by atoms with E-state index in [4.69, 9.17) is 11.6 Å². The minimum Gasteiger partial charge on any atom is -0.334 e. The molecule has 0 radical (unpaired) electrons. The fourth-order valence-corrected chi connectivity index (χ4v) is 2.78. The first-order valence-corrected chi connectivity index (χ1v) is 7.60. The number of carbonyl (C=O) groups excluding carboxylic acids is 1. The lowest BCUT2D eigenvalue weighted by atomic mass is 9.90. The molecule has 18 heavy (non-hydrogen) atoms. The van der Waals surface area contributed by atoms with Crippen LogP contribution in [-0.2, 0) is 0 Å². The summed E-state index contributed by atoms with van der Waals surface area (Å²) in [4.78, 5) is 14.5. The first-order valence-electron chi connectivity index (χ1n) is 6.27. The second kappa shape index (κ2) is 6.07. The molecule has 0 unspecified atom stereocenters. The summed E-state index contributed by atoms with van der Waals surface area (Å²) < 4.78 is 0.979. The van der Waals surface area contributed by atoms with Gasteiger partial charge in [-0.15, -0.1) is 11.6 Å². The van der Waals surface area contributed by atoms with Crippen LogP contribution in [0.1, 0.15) is 35.2 Å². The van der Waals surface area contributed by atoms with Crippen LogP contribution in [0.15, 0.2) is 22.7 Å². The molecule has 0 bridgehead atoms. The molecule has 1 fully saturated rings. The second-order valence-corrected chi connectivity index (χ2v) is 5.92. The van der Waals surface area contributed by atoms with Crippen molar-refractivity contribution in [2.45, 2.75) is 32.2 Å². The molecule has 1 amide bonds. The van der Waals surface area contributed by atoms with Gasteiger partial charge in [-0.2, -0.15) is 0 Å². The van der Waals surface area contributed by atoms with Gasteiger partial charge in [-0.25, -0.2) is 0 Å². The fraction of sp³-hybridized carbons (Fsp3) is 0.500. The molecule has 0 spiro atoms. The molecule has 1 aliphatic carbocycles. The van der Waals surface area contributed by atoms with E-state index in [2.05, 4.69) is 15.9 Å². The molecule has 0 saturated heterocycles. The molecule has 1 aromatic rings. The number of benzene rings is 1. The Morgan fingerprint density at radius 3 is 2.78 bits per heavy atom. The third-order valence-electron chi connectivity index (χ3n) is 3.60. The van der Waals surface area contributed by atoms with Crippen molar-refractivity contribution in [2.75, 3.05) is 12.4 Å². The van der Waals surface area contributed by atoms with Crippen LogP contribution < -0.4 is 0 Å². The summed E-state index contributed by atoms with van der Waals surface area (Å²) in [6.45, 7) is 2.61. The Morgan fingerprint density at radius 2 is 2.22 bits per heavy atom. The zero-order valence-electron chi connectivity index (χ0n) is 10.5. The zero-order chi connectivity index (χ0) is 13.1. The molecule has 0 heterocycles. The van der Waals surface area contributed by atoms with E-state index in [1.807, 2.05) is 30.0 Å². The summed E-state index contributed by atoms with van der Waals surface area (Å²) in [5.74, 6) is 0.606. The summed E-state index contributed by atoms with van der Waals surface area (Å²) in [6.07, 6.45) is 3.43. The Bertz CT molecular complexity index is 445. The lowest BCUT2D eigenvalue weighted by Gasteiger charge is -2.37. The summed E-state index contributed by atoms with van der Waals surface area (Å²) in [6, 6.07) is 6.14.